The van der Waals surface area contributed by atoms with Crippen LogP contribution in [0.3, 0.4) is 0 Å². The normalized spacial score (nSPS) is 14.2. The van der Waals surface area contributed by atoms with Gasteiger partial charge >= 0.3 is 0 Å². The fourth-order valence-electron chi connectivity index (χ4n) is 3.09. The first-order chi connectivity index (χ1) is 11.1. The minimum absolute atomic E-state index is 0.112. The van der Waals surface area contributed by atoms with Gasteiger partial charge in [-0.2, -0.15) is 0 Å². The van der Waals surface area contributed by atoms with Crippen LogP contribution < -0.4 is 0 Å². The van der Waals surface area contributed by atoms with E-state index in [4.69, 9.17) is 11.6 Å². The molecule has 120 valence electrons. The number of thioether (sulfide) groups is 1. The first-order valence-electron chi connectivity index (χ1n) is 8.18. The second-order valence-corrected chi connectivity index (χ2v) is 7.51. The Morgan fingerprint density at radius 1 is 1.04 bits per heavy atom. The Labute approximate surface area is 147 Å². The van der Waals surface area contributed by atoms with E-state index < -0.39 is 0 Å². The molecule has 0 N–H and O–H groups in total. The molecule has 1 nitrogen and oxygen atoms in total. The van der Waals surface area contributed by atoms with Crippen molar-refractivity contribution in [1.29, 1.82) is 0 Å². The highest BCUT2D eigenvalue weighted by Gasteiger charge is 2.15. The molecule has 0 spiro atoms. The number of benzene rings is 2. The molecule has 2 aromatic carbocycles. The van der Waals surface area contributed by atoms with Gasteiger partial charge in [0.2, 0.25) is 0 Å². The van der Waals surface area contributed by atoms with E-state index in [9.17, 15) is 4.79 Å². The summed E-state index contributed by atoms with van der Waals surface area (Å²) in [6.45, 7) is 1.60. The van der Waals surface area contributed by atoms with Gasteiger partial charge in [0.05, 0.1) is 5.02 Å². The Hall–Kier alpha value is -1.25. The average Bonchev–Trinajstić information content (AvgIpc) is 2.80. The summed E-state index contributed by atoms with van der Waals surface area (Å²) in [4.78, 5) is 12.6. The summed E-state index contributed by atoms with van der Waals surface area (Å²) in [5.41, 5.74) is 4.93. The SMILES string of the molecule is CC(=O)c1ccc(CSc2c(Cl)ccc3c2CCCCC3)cc1. The Morgan fingerprint density at radius 2 is 1.78 bits per heavy atom. The fourth-order valence-corrected chi connectivity index (χ4v) is 4.55. The molecule has 0 amide bonds. The maximum Gasteiger partial charge on any atom is 0.159 e. The van der Waals surface area contributed by atoms with Gasteiger partial charge in [0.25, 0.3) is 0 Å². The maximum absolute atomic E-state index is 11.4. The van der Waals surface area contributed by atoms with E-state index in [1.807, 2.05) is 42.1 Å². The first-order valence-corrected chi connectivity index (χ1v) is 9.54. The van der Waals surface area contributed by atoms with Gasteiger partial charge in [0.15, 0.2) is 5.78 Å². The number of ketones is 1. The van der Waals surface area contributed by atoms with E-state index in [2.05, 4.69) is 6.07 Å². The molecule has 23 heavy (non-hydrogen) atoms. The van der Waals surface area contributed by atoms with Crippen molar-refractivity contribution in [2.75, 3.05) is 0 Å². The van der Waals surface area contributed by atoms with Gasteiger partial charge in [0, 0.05) is 16.2 Å². The summed E-state index contributed by atoms with van der Waals surface area (Å²) in [5, 5.41) is 0.871. The zero-order chi connectivity index (χ0) is 16.2. The highest BCUT2D eigenvalue weighted by Crippen LogP contribution is 2.37. The van der Waals surface area contributed by atoms with Crippen molar-refractivity contribution in [3.05, 3.63) is 63.7 Å². The average molecular weight is 345 g/mol. The molecule has 0 unspecified atom stereocenters. The zero-order valence-corrected chi connectivity index (χ0v) is 15.0. The molecule has 3 heteroatoms. The fraction of sp³-hybridized carbons (Fsp3) is 0.350. The zero-order valence-electron chi connectivity index (χ0n) is 13.4. The highest BCUT2D eigenvalue weighted by atomic mass is 35.5. The third kappa shape index (κ3) is 3.99. The highest BCUT2D eigenvalue weighted by molar-refractivity contribution is 7.98. The molecule has 0 fully saturated rings. The number of halogens is 1. The largest absolute Gasteiger partial charge is 0.295 e. The lowest BCUT2D eigenvalue weighted by Gasteiger charge is -2.14. The molecule has 0 aromatic heterocycles. The lowest BCUT2D eigenvalue weighted by Crippen LogP contribution is -1.96. The second kappa shape index (κ2) is 7.55. The van der Waals surface area contributed by atoms with Crippen molar-refractivity contribution in [3.8, 4) is 0 Å². The van der Waals surface area contributed by atoms with Crippen LogP contribution in [0.5, 0.6) is 0 Å². The van der Waals surface area contributed by atoms with E-state index in [1.54, 1.807) is 6.92 Å². The number of hydrogen-bond acceptors (Lipinski definition) is 2. The lowest BCUT2D eigenvalue weighted by atomic mass is 10.0. The third-order valence-corrected chi connectivity index (χ3v) is 6.09. The lowest BCUT2D eigenvalue weighted by molar-refractivity contribution is 0.101. The van der Waals surface area contributed by atoms with Crippen molar-refractivity contribution in [2.45, 2.75) is 49.7 Å². The van der Waals surface area contributed by atoms with E-state index >= 15 is 0 Å². The predicted octanol–water partition coefficient (Wildman–Crippen LogP) is 6.10. The molecular weight excluding hydrogens is 324 g/mol. The number of fused-ring (bicyclic) bond motifs is 1. The van der Waals surface area contributed by atoms with Crippen molar-refractivity contribution < 1.29 is 4.79 Å². The molecule has 0 radical (unpaired) electrons. The van der Waals surface area contributed by atoms with E-state index in [0.29, 0.717) is 0 Å². The van der Waals surface area contributed by atoms with Gasteiger partial charge in [0.1, 0.15) is 0 Å². The maximum atomic E-state index is 11.4. The Morgan fingerprint density at radius 3 is 2.52 bits per heavy atom. The molecular formula is C20H21ClOS. The van der Waals surface area contributed by atoms with Crippen LogP contribution in [-0.2, 0) is 18.6 Å². The van der Waals surface area contributed by atoms with E-state index in [-0.39, 0.29) is 5.78 Å². The van der Waals surface area contributed by atoms with Gasteiger partial charge in [-0.25, -0.2) is 0 Å². The van der Waals surface area contributed by atoms with Crippen LogP contribution in [0.2, 0.25) is 5.02 Å². The monoisotopic (exact) mass is 344 g/mol. The summed E-state index contributed by atoms with van der Waals surface area (Å²) in [7, 11) is 0. The van der Waals surface area contributed by atoms with Crippen LogP contribution in [0.25, 0.3) is 0 Å². The van der Waals surface area contributed by atoms with Crippen LogP contribution in [0.1, 0.15) is 53.2 Å². The van der Waals surface area contributed by atoms with Crippen molar-refractivity contribution in [2.24, 2.45) is 0 Å². The van der Waals surface area contributed by atoms with E-state index in [0.717, 1.165) is 22.8 Å². The van der Waals surface area contributed by atoms with Gasteiger partial charge < -0.3 is 0 Å². The van der Waals surface area contributed by atoms with Crippen molar-refractivity contribution in [3.63, 3.8) is 0 Å². The molecule has 0 saturated carbocycles. The molecule has 0 heterocycles. The van der Waals surface area contributed by atoms with Crippen molar-refractivity contribution >= 4 is 29.1 Å². The number of Topliss-reactive ketones (excluding diaryl/α,β-unsaturated/α-hetero) is 1. The summed E-state index contributed by atoms with van der Waals surface area (Å²) < 4.78 is 0. The molecule has 2 aromatic rings. The second-order valence-electron chi connectivity index (χ2n) is 6.12. The van der Waals surface area contributed by atoms with Crippen molar-refractivity contribution in [1.82, 2.24) is 0 Å². The third-order valence-electron chi connectivity index (χ3n) is 4.43. The summed E-state index contributed by atoms with van der Waals surface area (Å²) >= 11 is 8.30. The number of aryl methyl sites for hydroxylation is 1. The molecule has 0 saturated heterocycles. The molecule has 0 atom stereocenters. The first kappa shape index (κ1) is 16.6. The summed E-state index contributed by atoms with van der Waals surface area (Å²) in [6, 6.07) is 12.1. The number of hydrogen-bond donors (Lipinski definition) is 0. The standard InChI is InChI=1S/C20H21ClOS/c1-14(22)16-9-7-15(8-10-16)13-23-20-18-6-4-2-3-5-17(18)11-12-19(20)21/h7-12H,2-6,13H2,1H3. The molecule has 1 aliphatic rings. The minimum Gasteiger partial charge on any atom is -0.295 e. The van der Waals surface area contributed by atoms with Gasteiger partial charge in [-0.05, 0) is 55.4 Å². The van der Waals surface area contributed by atoms with Crippen LogP contribution in [0.4, 0.5) is 0 Å². The van der Waals surface area contributed by atoms with Gasteiger partial charge in [-0.1, -0.05) is 48.4 Å². The van der Waals surface area contributed by atoms with E-state index in [1.165, 1.54) is 47.3 Å². The number of carbonyl (C=O) groups excluding carboxylic acids is 1. The Balaban J connectivity index is 1.78. The Kier molecular flexibility index (Phi) is 5.45. The van der Waals surface area contributed by atoms with Gasteiger partial charge in [-0.15, -0.1) is 11.8 Å². The minimum atomic E-state index is 0.112. The molecule has 0 bridgehead atoms. The molecule has 0 aliphatic heterocycles. The van der Waals surface area contributed by atoms with Crippen LogP contribution in [0, 0.1) is 0 Å². The van der Waals surface area contributed by atoms with Crippen LogP contribution in [0.15, 0.2) is 41.3 Å². The number of carbonyl (C=O) groups is 1. The Bertz CT molecular complexity index is 706. The summed E-state index contributed by atoms with van der Waals surface area (Å²) in [6.07, 6.45) is 6.16. The van der Waals surface area contributed by atoms with Crippen LogP contribution in [-0.4, -0.2) is 5.78 Å². The van der Waals surface area contributed by atoms with Crippen LogP contribution >= 0.6 is 23.4 Å². The number of rotatable bonds is 4. The molecule has 1 aliphatic carbocycles. The quantitative estimate of drug-likeness (QED) is 0.378. The topological polar surface area (TPSA) is 17.1 Å². The molecule has 3 rings (SSSR count). The van der Waals surface area contributed by atoms with Gasteiger partial charge in [-0.3, -0.25) is 4.79 Å². The summed E-state index contributed by atoms with van der Waals surface area (Å²) in [5.74, 6) is 0.995. The smallest absolute Gasteiger partial charge is 0.159 e. The predicted molar refractivity (Wildman–Crippen MR) is 98.7 cm³/mol.